The van der Waals surface area contributed by atoms with Gasteiger partial charge in [-0.25, -0.2) is 0 Å². The number of methoxy groups -OCH3 is 1. The molecule has 0 saturated heterocycles. The molecule has 1 aliphatic heterocycles. The molecule has 1 aliphatic carbocycles. The number of guanidine groups is 1. The molecule has 5 nitrogen and oxygen atoms in total. The molecule has 2 N–H and O–H groups in total. The Morgan fingerprint density at radius 1 is 1.35 bits per heavy atom. The van der Waals surface area contributed by atoms with E-state index in [0.29, 0.717) is 12.6 Å². The van der Waals surface area contributed by atoms with E-state index in [-0.39, 0.29) is 6.10 Å². The number of hydrogen-bond donors (Lipinski definition) is 2. The Kier molecular flexibility index (Phi) is 4.74. The lowest BCUT2D eigenvalue weighted by molar-refractivity contribution is 0.254. The van der Waals surface area contributed by atoms with E-state index in [1.807, 2.05) is 0 Å². The van der Waals surface area contributed by atoms with Crippen LogP contribution in [0.25, 0.3) is 0 Å². The number of ether oxygens (including phenoxy) is 2. The summed E-state index contributed by atoms with van der Waals surface area (Å²) in [5.74, 6) is 2.68. The minimum absolute atomic E-state index is 0.238. The first kappa shape index (κ1) is 15.7. The van der Waals surface area contributed by atoms with Crippen molar-refractivity contribution in [2.75, 3.05) is 14.2 Å². The quantitative estimate of drug-likeness (QED) is 0.509. The smallest absolute Gasteiger partial charge is 0.191 e. The molecule has 0 aromatic heterocycles. The van der Waals surface area contributed by atoms with E-state index in [2.05, 4.69) is 46.8 Å². The van der Waals surface area contributed by atoms with E-state index in [0.717, 1.165) is 42.3 Å². The van der Waals surface area contributed by atoms with Gasteiger partial charge in [-0.2, -0.15) is 0 Å². The van der Waals surface area contributed by atoms with Crippen molar-refractivity contribution in [3.63, 3.8) is 0 Å². The normalized spacial score (nSPS) is 20.3. The average Bonchev–Trinajstić information content (AvgIpc) is 3.18. The van der Waals surface area contributed by atoms with E-state index in [4.69, 9.17) is 9.47 Å². The highest BCUT2D eigenvalue weighted by atomic mass is 16.5. The lowest BCUT2D eigenvalue weighted by Gasteiger charge is -2.18. The summed E-state index contributed by atoms with van der Waals surface area (Å²) in [7, 11) is 3.50. The summed E-state index contributed by atoms with van der Waals surface area (Å²) in [6, 6.07) is 4.61. The third-order valence-electron chi connectivity index (χ3n) is 4.32. The lowest BCUT2D eigenvalue weighted by Crippen LogP contribution is -2.42. The Bertz CT molecular complexity index is 617. The number of hydrogen-bond acceptors (Lipinski definition) is 3. The zero-order chi connectivity index (χ0) is 16.2. The molecule has 1 atom stereocenters. The molecule has 1 aromatic carbocycles. The largest absolute Gasteiger partial charge is 0.496 e. The van der Waals surface area contributed by atoms with Gasteiger partial charge in [-0.05, 0) is 31.9 Å². The summed E-state index contributed by atoms with van der Waals surface area (Å²) >= 11 is 0. The molecule has 0 saturated carbocycles. The third kappa shape index (κ3) is 3.60. The summed E-state index contributed by atoms with van der Waals surface area (Å²) in [5, 5.41) is 6.80. The number of rotatable bonds is 4. The summed E-state index contributed by atoms with van der Waals surface area (Å²) in [6.07, 6.45) is 7.68. The van der Waals surface area contributed by atoms with E-state index < -0.39 is 0 Å². The number of aliphatic imine (C=N–C) groups is 1. The van der Waals surface area contributed by atoms with Crippen LogP contribution in [0.5, 0.6) is 11.5 Å². The Morgan fingerprint density at radius 2 is 2.13 bits per heavy atom. The maximum Gasteiger partial charge on any atom is 0.191 e. The molecular weight excluding hydrogens is 290 g/mol. The van der Waals surface area contributed by atoms with Gasteiger partial charge in [0.1, 0.15) is 17.6 Å². The Labute approximate surface area is 137 Å². The van der Waals surface area contributed by atoms with Crippen LogP contribution in [0.1, 0.15) is 30.9 Å². The highest BCUT2D eigenvalue weighted by Crippen LogP contribution is 2.34. The number of benzene rings is 1. The number of nitrogens with one attached hydrogen (secondary N) is 2. The fraction of sp³-hybridized carbons (Fsp3) is 0.500. The topological polar surface area (TPSA) is 54.9 Å². The van der Waals surface area contributed by atoms with Crippen molar-refractivity contribution in [2.24, 2.45) is 4.99 Å². The van der Waals surface area contributed by atoms with Crippen LogP contribution in [0.3, 0.4) is 0 Å². The molecule has 0 amide bonds. The fourth-order valence-electron chi connectivity index (χ4n) is 3.11. The average molecular weight is 315 g/mol. The second-order valence-corrected chi connectivity index (χ2v) is 6.11. The van der Waals surface area contributed by atoms with Crippen LogP contribution in [0.15, 0.2) is 29.3 Å². The molecule has 0 spiro atoms. The van der Waals surface area contributed by atoms with E-state index >= 15 is 0 Å². The molecule has 2 aliphatic rings. The maximum absolute atomic E-state index is 5.85. The van der Waals surface area contributed by atoms with Gasteiger partial charge >= 0.3 is 0 Å². The molecule has 23 heavy (non-hydrogen) atoms. The first-order valence-electron chi connectivity index (χ1n) is 8.18. The van der Waals surface area contributed by atoms with Crippen LogP contribution in [-0.2, 0) is 13.0 Å². The molecule has 5 heteroatoms. The van der Waals surface area contributed by atoms with Gasteiger partial charge in [0.05, 0.1) is 7.11 Å². The Morgan fingerprint density at radius 3 is 2.83 bits per heavy atom. The van der Waals surface area contributed by atoms with Crippen molar-refractivity contribution in [3.8, 4) is 11.5 Å². The van der Waals surface area contributed by atoms with E-state index in [1.165, 1.54) is 5.56 Å². The maximum atomic E-state index is 5.85. The molecule has 124 valence electrons. The zero-order valence-electron chi connectivity index (χ0n) is 14.1. The first-order chi connectivity index (χ1) is 11.2. The minimum atomic E-state index is 0.238. The zero-order valence-corrected chi connectivity index (χ0v) is 14.1. The first-order valence-corrected chi connectivity index (χ1v) is 8.18. The van der Waals surface area contributed by atoms with Crippen molar-refractivity contribution in [2.45, 2.75) is 44.9 Å². The molecular formula is C18H25N3O2. The van der Waals surface area contributed by atoms with Crippen LogP contribution in [0, 0.1) is 0 Å². The fourth-order valence-corrected chi connectivity index (χ4v) is 3.11. The van der Waals surface area contributed by atoms with Crippen molar-refractivity contribution in [1.82, 2.24) is 10.6 Å². The van der Waals surface area contributed by atoms with Gasteiger partial charge in [0.2, 0.25) is 0 Å². The van der Waals surface area contributed by atoms with Gasteiger partial charge in [-0.1, -0.05) is 12.2 Å². The van der Waals surface area contributed by atoms with Gasteiger partial charge in [0.15, 0.2) is 5.96 Å². The Balaban J connectivity index is 1.66. The third-order valence-corrected chi connectivity index (χ3v) is 4.32. The molecule has 0 radical (unpaired) electrons. The minimum Gasteiger partial charge on any atom is -0.496 e. The summed E-state index contributed by atoms with van der Waals surface area (Å²) in [5.41, 5.74) is 2.30. The van der Waals surface area contributed by atoms with Gasteiger partial charge in [0.25, 0.3) is 0 Å². The van der Waals surface area contributed by atoms with Crippen LogP contribution >= 0.6 is 0 Å². The molecule has 1 heterocycles. The predicted molar refractivity (Wildman–Crippen MR) is 92.3 cm³/mol. The van der Waals surface area contributed by atoms with Crippen LogP contribution in [0.2, 0.25) is 0 Å². The second kappa shape index (κ2) is 6.94. The van der Waals surface area contributed by atoms with Crippen LogP contribution in [0.4, 0.5) is 0 Å². The van der Waals surface area contributed by atoms with Crippen molar-refractivity contribution in [1.29, 1.82) is 0 Å². The predicted octanol–water partition coefficient (Wildman–Crippen LogP) is 2.40. The van der Waals surface area contributed by atoms with Crippen LogP contribution < -0.4 is 20.1 Å². The second-order valence-electron chi connectivity index (χ2n) is 6.11. The molecule has 0 bridgehead atoms. The summed E-state index contributed by atoms with van der Waals surface area (Å²) in [6.45, 7) is 2.74. The van der Waals surface area contributed by atoms with E-state index in [1.54, 1.807) is 14.2 Å². The Hall–Kier alpha value is -2.17. The summed E-state index contributed by atoms with van der Waals surface area (Å²) in [4.78, 5) is 4.30. The van der Waals surface area contributed by atoms with Crippen molar-refractivity contribution >= 4 is 5.96 Å². The van der Waals surface area contributed by atoms with Gasteiger partial charge in [0, 0.05) is 37.2 Å². The van der Waals surface area contributed by atoms with Crippen molar-refractivity contribution in [3.05, 3.63) is 35.4 Å². The number of fused-ring (bicyclic) bond motifs is 1. The summed E-state index contributed by atoms with van der Waals surface area (Å²) < 4.78 is 11.4. The highest BCUT2D eigenvalue weighted by molar-refractivity contribution is 5.80. The SMILES string of the molecule is CN=C(NCc1cc2c(cc1OC)CC(C)O2)NC1CC=CC1. The molecule has 3 rings (SSSR count). The molecule has 1 unspecified atom stereocenters. The van der Waals surface area contributed by atoms with Crippen molar-refractivity contribution < 1.29 is 9.47 Å². The van der Waals surface area contributed by atoms with E-state index in [9.17, 15) is 0 Å². The highest BCUT2D eigenvalue weighted by Gasteiger charge is 2.21. The van der Waals surface area contributed by atoms with Crippen LogP contribution in [-0.4, -0.2) is 32.3 Å². The molecule has 0 fully saturated rings. The lowest BCUT2D eigenvalue weighted by atomic mass is 10.1. The van der Waals surface area contributed by atoms with Gasteiger partial charge in [-0.3, -0.25) is 4.99 Å². The van der Waals surface area contributed by atoms with Gasteiger partial charge in [-0.15, -0.1) is 0 Å². The standard InChI is InChI=1S/C18H25N3O2/c1-12-8-13-9-16(22-3)14(10-17(13)23-12)11-20-18(19-2)21-15-6-4-5-7-15/h4-5,9-10,12,15H,6-8,11H2,1-3H3,(H2,19,20,21). The molecule has 1 aromatic rings. The number of nitrogens with zero attached hydrogens (tertiary/aromatic N) is 1. The van der Waals surface area contributed by atoms with Gasteiger partial charge < -0.3 is 20.1 Å². The monoisotopic (exact) mass is 315 g/mol.